The molecule has 0 amide bonds. The molecule has 12 heavy (non-hydrogen) atoms. The molecular weight excluding hydrogens is 183 g/mol. The van der Waals surface area contributed by atoms with Crippen molar-refractivity contribution in [3.63, 3.8) is 0 Å². The number of hydrogen-bond acceptors (Lipinski definition) is 4. The summed E-state index contributed by atoms with van der Waals surface area (Å²) in [6.45, 7) is 1.54. The second-order valence-corrected chi connectivity index (χ2v) is 4.28. The summed E-state index contributed by atoms with van der Waals surface area (Å²) in [7, 11) is -0.377. The van der Waals surface area contributed by atoms with E-state index in [1.54, 1.807) is 0 Å². The van der Waals surface area contributed by atoms with Crippen LogP contribution in [0.2, 0.25) is 0 Å². The van der Waals surface area contributed by atoms with Gasteiger partial charge in [-0.25, -0.2) is 0 Å². The van der Waals surface area contributed by atoms with Crippen molar-refractivity contribution < 1.29 is 23.5 Å². The van der Waals surface area contributed by atoms with Crippen molar-refractivity contribution in [3.8, 4) is 0 Å². The molecule has 0 spiro atoms. The molecule has 0 radical (unpaired) electrons. The molecule has 0 saturated heterocycles. The lowest BCUT2D eigenvalue weighted by atomic mass is 10.4. The van der Waals surface area contributed by atoms with E-state index in [1.807, 2.05) is 0 Å². The maximum Gasteiger partial charge on any atom is 0.325 e. The fraction of sp³-hybridized carbons (Fsp3) is 1.00. The molecule has 0 heterocycles. The van der Waals surface area contributed by atoms with Crippen LogP contribution in [0.3, 0.4) is 0 Å². The molecule has 6 heteroatoms. The van der Waals surface area contributed by atoms with E-state index in [2.05, 4.69) is 4.52 Å². The topological polar surface area (TPSA) is 65.0 Å². The average Bonchev–Trinajstić information content (AvgIpc) is 1.96. The molecule has 2 atom stereocenters. The van der Waals surface area contributed by atoms with E-state index in [0.29, 0.717) is 6.61 Å². The van der Waals surface area contributed by atoms with Crippen molar-refractivity contribution >= 4 is 7.60 Å². The second-order valence-electron chi connectivity index (χ2n) is 2.41. The predicted octanol–water partition coefficient (Wildman–Crippen LogP) is 0.480. The molecule has 0 aromatic carbocycles. The van der Waals surface area contributed by atoms with Crippen LogP contribution in [0.15, 0.2) is 0 Å². The summed E-state index contributed by atoms with van der Waals surface area (Å²) in [5, 5.41) is 0. The van der Waals surface area contributed by atoms with E-state index >= 15 is 0 Å². The number of hydrogen-bond donors (Lipinski definition) is 1. The number of methoxy groups -OCH3 is 2. The standard InChI is InChI=1S/C6H15O5P/c1-9-4-6(10-2)5-11-12(3,7)8/h6H,4-5H2,1-3H3,(H,7,8)/t6-/m0/s1. The van der Waals surface area contributed by atoms with Gasteiger partial charge in [-0.1, -0.05) is 0 Å². The molecule has 74 valence electrons. The molecule has 0 aliphatic carbocycles. The molecule has 0 fully saturated rings. The Labute approximate surface area is 72.2 Å². The molecule has 0 saturated carbocycles. The first kappa shape index (κ1) is 12.1. The third-order valence-electron chi connectivity index (χ3n) is 1.19. The Hall–Kier alpha value is 0.0700. The summed E-state index contributed by atoms with van der Waals surface area (Å²) in [6, 6.07) is 0. The van der Waals surface area contributed by atoms with Crippen molar-refractivity contribution in [2.75, 3.05) is 34.1 Å². The zero-order chi connectivity index (χ0) is 9.61. The maximum absolute atomic E-state index is 10.7. The van der Waals surface area contributed by atoms with Gasteiger partial charge < -0.3 is 18.9 Å². The van der Waals surface area contributed by atoms with Crippen LogP contribution in [-0.4, -0.2) is 45.1 Å². The van der Waals surface area contributed by atoms with Gasteiger partial charge in [0.05, 0.1) is 13.2 Å². The predicted molar refractivity (Wildman–Crippen MR) is 44.4 cm³/mol. The van der Waals surface area contributed by atoms with Crippen LogP contribution in [-0.2, 0) is 18.6 Å². The first-order valence-electron chi connectivity index (χ1n) is 3.46. The van der Waals surface area contributed by atoms with Crippen molar-refractivity contribution in [1.82, 2.24) is 0 Å². The van der Waals surface area contributed by atoms with E-state index < -0.39 is 7.60 Å². The smallest absolute Gasteiger partial charge is 0.325 e. The highest BCUT2D eigenvalue weighted by atomic mass is 31.2. The molecule has 0 aromatic rings. The molecule has 0 aromatic heterocycles. The normalized spacial score (nSPS) is 18.7. The molecule has 1 unspecified atom stereocenters. The van der Waals surface area contributed by atoms with Gasteiger partial charge in [-0.05, 0) is 0 Å². The highest BCUT2D eigenvalue weighted by Crippen LogP contribution is 2.36. The second kappa shape index (κ2) is 5.67. The third kappa shape index (κ3) is 6.76. The summed E-state index contributed by atoms with van der Waals surface area (Å²) in [4.78, 5) is 8.77. The average molecular weight is 198 g/mol. The summed E-state index contributed by atoms with van der Waals surface area (Å²) < 4.78 is 25.0. The van der Waals surface area contributed by atoms with Crippen LogP contribution in [0, 0.1) is 0 Å². The molecule has 0 aliphatic rings. The van der Waals surface area contributed by atoms with Gasteiger partial charge in [-0.3, -0.25) is 4.57 Å². The fourth-order valence-corrected chi connectivity index (χ4v) is 1.03. The number of ether oxygens (including phenoxy) is 2. The molecule has 1 N–H and O–H groups in total. The van der Waals surface area contributed by atoms with Gasteiger partial charge in [0.25, 0.3) is 0 Å². The lowest BCUT2D eigenvalue weighted by Crippen LogP contribution is -2.22. The molecule has 5 nitrogen and oxygen atoms in total. The van der Waals surface area contributed by atoms with Crippen LogP contribution in [0.25, 0.3) is 0 Å². The van der Waals surface area contributed by atoms with Gasteiger partial charge in [0.2, 0.25) is 0 Å². The summed E-state index contributed by atoms with van der Waals surface area (Å²) in [6.07, 6.45) is -0.296. The zero-order valence-electron chi connectivity index (χ0n) is 7.52. The molecule has 0 aliphatic heterocycles. The minimum Gasteiger partial charge on any atom is -0.382 e. The lowest BCUT2D eigenvalue weighted by Gasteiger charge is -2.15. The lowest BCUT2D eigenvalue weighted by molar-refractivity contribution is -0.000964. The minimum absolute atomic E-state index is 0.0641. The van der Waals surface area contributed by atoms with Crippen molar-refractivity contribution in [1.29, 1.82) is 0 Å². The van der Waals surface area contributed by atoms with Gasteiger partial charge in [0.15, 0.2) is 0 Å². The van der Waals surface area contributed by atoms with Crippen molar-refractivity contribution in [3.05, 3.63) is 0 Å². The monoisotopic (exact) mass is 198 g/mol. The summed E-state index contributed by atoms with van der Waals surface area (Å²) in [5.41, 5.74) is 0. The van der Waals surface area contributed by atoms with Crippen LogP contribution < -0.4 is 0 Å². The zero-order valence-corrected chi connectivity index (χ0v) is 8.41. The van der Waals surface area contributed by atoms with Crippen molar-refractivity contribution in [2.45, 2.75) is 6.10 Å². The molecular formula is C6H15O5P. The Morgan fingerprint density at radius 1 is 1.42 bits per heavy atom. The third-order valence-corrected chi connectivity index (χ3v) is 1.81. The van der Waals surface area contributed by atoms with E-state index in [0.717, 1.165) is 6.66 Å². The highest BCUT2D eigenvalue weighted by molar-refractivity contribution is 7.51. The van der Waals surface area contributed by atoms with E-state index in [4.69, 9.17) is 14.4 Å². The van der Waals surface area contributed by atoms with Gasteiger partial charge >= 0.3 is 7.60 Å². The van der Waals surface area contributed by atoms with Gasteiger partial charge in [-0.15, -0.1) is 0 Å². The fourth-order valence-electron chi connectivity index (χ4n) is 0.592. The molecule has 0 rings (SSSR count). The van der Waals surface area contributed by atoms with E-state index in [1.165, 1.54) is 14.2 Å². The number of rotatable bonds is 6. The van der Waals surface area contributed by atoms with Crippen LogP contribution in [0.5, 0.6) is 0 Å². The first-order valence-corrected chi connectivity index (χ1v) is 5.48. The quantitative estimate of drug-likeness (QED) is 0.629. The largest absolute Gasteiger partial charge is 0.382 e. The van der Waals surface area contributed by atoms with Crippen LogP contribution in [0.4, 0.5) is 0 Å². The SMILES string of the molecule is COC[C@@H](COP(C)(=O)O)OC. The Kier molecular flexibility index (Phi) is 5.70. The maximum atomic E-state index is 10.7. The summed E-state index contributed by atoms with van der Waals surface area (Å²) in [5.74, 6) is 0. The Morgan fingerprint density at radius 3 is 2.33 bits per heavy atom. The molecule has 0 bridgehead atoms. The summed E-state index contributed by atoms with van der Waals surface area (Å²) >= 11 is 0. The van der Waals surface area contributed by atoms with E-state index in [9.17, 15) is 4.57 Å². The Morgan fingerprint density at radius 2 is 2.00 bits per heavy atom. The van der Waals surface area contributed by atoms with Crippen molar-refractivity contribution in [2.24, 2.45) is 0 Å². The Balaban J connectivity index is 3.65. The highest BCUT2D eigenvalue weighted by Gasteiger charge is 2.14. The Bertz CT molecular complexity index is 154. The minimum atomic E-state index is -3.39. The van der Waals surface area contributed by atoms with E-state index in [-0.39, 0.29) is 12.7 Å². The van der Waals surface area contributed by atoms with Crippen LogP contribution in [0.1, 0.15) is 0 Å². The van der Waals surface area contributed by atoms with Gasteiger partial charge in [0.1, 0.15) is 6.10 Å². The van der Waals surface area contributed by atoms with Gasteiger partial charge in [-0.2, -0.15) is 0 Å². The van der Waals surface area contributed by atoms with Gasteiger partial charge in [0, 0.05) is 20.9 Å². The van der Waals surface area contributed by atoms with Crippen LogP contribution >= 0.6 is 7.60 Å². The first-order chi connectivity index (χ1) is 5.49.